The summed E-state index contributed by atoms with van der Waals surface area (Å²) in [6, 6.07) is 13.8. The quantitative estimate of drug-likeness (QED) is 0.585. The van der Waals surface area contributed by atoms with E-state index in [1.165, 1.54) is 4.90 Å². The number of carbonyl (C=O) groups is 1. The van der Waals surface area contributed by atoms with Crippen molar-refractivity contribution in [2.45, 2.75) is 6.92 Å². The van der Waals surface area contributed by atoms with Crippen molar-refractivity contribution in [3.8, 4) is 17.0 Å². The summed E-state index contributed by atoms with van der Waals surface area (Å²) in [5.41, 5.74) is 9.61. The third kappa shape index (κ3) is 3.55. The maximum Gasteiger partial charge on any atom is 0.318 e. The Morgan fingerprint density at radius 3 is 2.56 bits per heavy atom. The minimum atomic E-state index is -0.508. The van der Waals surface area contributed by atoms with Crippen LogP contribution in [0.25, 0.3) is 11.3 Å². The Kier molecular flexibility index (Phi) is 4.30. The zero-order valence-electron chi connectivity index (χ0n) is 13.9. The molecule has 0 bridgehead atoms. The normalized spacial score (nSPS) is 10.5. The summed E-state index contributed by atoms with van der Waals surface area (Å²) in [6.45, 7) is 1.94. The number of aromatic amines is 1. The van der Waals surface area contributed by atoms with Crippen LogP contribution >= 0.6 is 0 Å². The van der Waals surface area contributed by atoms with Gasteiger partial charge in [0.25, 0.3) is 0 Å². The number of aromatic hydroxyl groups is 1. The molecule has 0 unspecified atom stereocenters. The van der Waals surface area contributed by atoms with Gasteiger partial charge in [-0.2, -0.15) is 5.10 Å². The van der Waals surface area contributed by atoms with Crippen LogP contribution in [0.3, 0.4) is 0 Å². The molecular formula is C18H19N5O2. The van der Waals surface area contributed by atoms with E-state index in [0.29, 0.717) is 5.82 Å². The fourth-order valence-electron chi connectivity index (χ4n) is 2.44. The van der Waals surface area contributed by atoms with Crippen molar-refractivity contribution in [3.05, 3.63) is 54.1 Å². The van der Waals surface area contributed by atoms with E-state index < -0.39 is 6.03 Å². The van der Waals surface area contributed by atoms with Gasteiger partial charge in [-0.25, -0.2) is 4.79 Å². The summed E-state index contributed by atoms with van der Waals surface area (Å²) in [7, 11) is 1.63. The van der Waals surface area contributed by atoms with Crippen molar-refractivity contribution >= 4 is 23.2 Å². The Labute approximate surface area is 145 Å². The van der Waals surface area contributed by atoms with E-state index in [9.17, 15) is 9.90 Å². The molecule has 0 radical (unpaired) electrons. The molecule has 7 nitrogen and oxygen atoms in total. The minimum Gasteiger partial charge on any atom is -0.508 e. The number of H-pyrrole nitrogens is 1. The van der Waals surface area contributed by atoms with Crippen LogP contribution in [0.15, 0.2) is 48.5 Å². The van der Waals surface area contributed by atoms with Crippen molar-refractivity contribution in [2.24, 2.45) is 5.73 Å². The Morgan fingerprint density at radius 2 is 1.92 bits per heavy atom. The number of hydrogen-bond donors (Lipinski definition) is 4. The van der Waals surface area contributed by atoms with Gasteiger partial charge in [-0.3, -0.25) is 10.00 Å². The number of aromatic nitrogens is 2. The zero-order chi connectivity index (χ0) is 18.0. The van der Waals surface area contributed by atoms with E-state index in [4.69, 9.17) is 5.73 Å². The molecule has 0 atom stereocenters. The number of anilines is 3. The summed E-state index contributed by atoms with van der Waals surface area (Å²) in [4.78, 5) is 12.6. The highest BCUT2D eigenvalue weighted by molar-refractivity contribution is 5.90. The lowest BCUT2D eigenvalue weighted by Gasteiger charge is -2.16. The van der Waals surface area contributed by atoms with E-state index >= 15 is 0 Å². The molecule has 7 heteroatoms. The average molecular weight is 337 g/mol. The molecule has 1 heterocycles. The van der Waals surface area contributed by atoms with E-state index in [2.05, 4.69) is 15.5 Å². The summed E-state index contributed by atoms with van der Waals surface area (Å²) in [5.74, 6) is 0.889. The Bertz CT molecular complexity index is 902. The molecule has 128 valence electrons. The predicted molar refractivity (Wildman–Crippen MR) is 98.1 cm³/mol. The highest BCUT2D eigenvalue weighted by atomic mass is 16.3. The number of nitrogens with zero attached hydrogens (tertiary/aromatic N) is 2. The molecule has 0 aliphatic rings. The summed E-state index contributed by atoms with van der Waals surface area (Å²) in [5, 5.41) is 19.8. The third-order valence-corrected chi connectivity index (χ3v) is 3.95. The summed E-state index contributed by atoms with van der Waals surface area (Å²) >= 11 is 0. The van der Waals surface area contributed by atoms with Crippen LogP contribution in [0.1, 0.15) is 5.56 Å². The lowest BCUT2D eigenvalue weighted by molar-refractivity contribution is 0.255. The molecule has 2 amide bonds. The number of amides is 2. The number of nitrogens with one attached hydrogen (secondary N) is 2. The van der Waals surface area contributed by atoms with E-state index in [1.807, 2.05) is 43.3 Å². The Hall–Kier alpha value is -3.48. The molecule has 25 heavy (non-hydrogen) atoms. The first kappa shape index (κ1) is 16.4. The van der Waals surface area contributed by atoms with Crippen molar-refractivity contribution in [2.75, 3.05) is 17.3 Å². The number of phenolic OH excluding ortho intramolecular Hbond substituents is 1. The van der Waals surface area contributed by atoms with Gasteiger partial charge in [0.15, 0.2) is 5.82 Å². The molecule has 0 aliphatic heterocycles. The molecule has 5 N–H and O–H groups in total. The lowest BCUT2D eigenvalue weighted by atomic mass is 10.1. The minimum absolute atomic E-state index is 0.221. The van der Waals surface area contributed by atoms with Crippen LogP contribution in [0.4, 0.5) is 22.0 Å². The van der Waals surface area contributed by atoms with Gasteiger partial charge in [0.2, 0.25) is 0 Å². The standard InChI is InChI=1S/C18H19N5O2/c1-11-9-13(23(2)18(19)25)5-8-15(11)20-17-10-16(21-22-17)12-3-6-14(24)7-4-12/h3-10,24H,1-2H3,(H2,19,25)(H2,20,21,22). The predicted octanol–water partition coefficient (Wildman–Crippen LogP) is 3.35. The fraction of sp³-hybridized carbons (Fsp3) is 0.111. The third-order valence-electron chi connectivity index (χ3n) is 3.95. The van der Waals surface area contributed by atoms with Crippen molar-refractivity contribution in [3.63, 3.8) is 0 Å². The van der Waals surface area contributed by atoms with Crippen LogP contribution in [0.2, 0.25) is 0 Å². The molecule has 0 fully saturated rings. The Balaban J connectivity index is 1.79. The number of primary amides is 1. The molecular weight excluding hydrogens is 318 g/mol. The van der Waals surface area contributed by atoms with E-state index in [-0.39, 0.29) is 5.75 Å². The molecule has 0 saturated carbocycles. The SMILES string of the molecule is Cc1cc(N(C)C(N)=O)ccc1Nc1cc(-c2ccc(O)cc2)[nH]n1. The maximum absolute atomic E-state index is 11.2. The molecule has 1 aromatic heterocycles. The number of nitrogens with two attached hydrogens (primary N) is 1. The second-order valence-corrected chi connectivity index (χ2v) is 5.74. The monoisotopic (exact) mass is 337 g/mol. The summed E-state index contributed by atoms with van der Waals surface area (Å²) < 4.78 is 0. The molecule has 0 saturated heterocycles. The van der Waals surface area contributed by atoms with Gasteiger partial charge in [-0.05, 0) is 60.5 Å². The first-order valence-corrected chi connectivity index (χ1v) is 7.69. The molecule has 3 aromatic rings. The first-order chi connectivity index (χ1) is 11.9. The van der Waals surface area contributed by atoms with Gasteiger partial charge in [-0.1, -0.05) is 0 Å². The number of aryl methyl sites for hydroxylation is 1. The Morgan fingerprint density at radius 1 is 1.20 bits per heavy atom. The van der Waals surface area contributed by atoms with Gasteiger partial charge < -0.3 is 16.2 Å². The van der Waals surface area contributed by atoms with Crippen LogP contribution < -0.4 is 16.0 Å². The number of carbonyl (C=O) groups excluding carboxylic acids is 1. The number of hydrogen-bond acceptors (Lipinski definition) is 4. The van der Waals surface area contributed by atoms with Crippen molar-refractivity contribution < 1.29 is 9.90 Å². The van der Waals surface area contributed by atoms with Gasteiger partial charge in [0.05, 0.1) is 5.69 Å². The lowest BCUT2D eigenvalue weighted by Crippen LogP contribution is -2.31. The molecule has 3 rings (SSSR count). The summed E-state index contributed by atoms with van der Waals surface area (Å²) in [6.07, 6.45) is 0. The zero-order valence-corrected chi connectivity index (χ0v) is 13.9. The number of urea groups is 1. The smallest absolute Gasteiger partial charge is 0.318 e. The molecule has 0 spiro atoms. The second-order valence-electron chi connectivity index (χ2n) is 5.74. The maximum atomic E-state index is 11.2. The van der Waals surface area contributed by atoms with Crippen LogP contribution in [0, 0.1) is 6.92 Å². The van der Waals surface area contributed by atoms with Gasteiger partial charge in [-0.15, -0.1) is 0 Å². The van der Waals surface area contributed by atoms with Gasteiger partial charge in [0, 0.05) is 24.5 Å². The van der Waals surface area contributed by atoms with E-state index in [0.717, 1.165) is 28.2 Å². The van der Waals surface area contributed by atoms with Gasteiger partial charge >= 0.3 is 6.03 Å². The van der Waals surface area contributed by atoms with Crippen molar-refractivity contribution in [1.82, 2.24) is 10.2 Å². The first-order valence-electron chi connectivity index (χ1n) is 7.69. The topological polar surface area (TPSA) is 107 Å². The van der Waals surface area contributed by atoms with Crippen LogP contribution in [-0.2, 0) is 0 Å². The largest absolute Gasteiger partial charge is 0.508 e. The van der Waals surface area contributed by atoms with Gasteiger partial charge in [0.1, 0.15) is 5.75 Å². The highest BCUT2D eigenvalue weighted by Gasteiger charge is 2.10. The van der Waals surface area contributed by atoms with Crippen LogP contribution in [-0.4, -0.2) is 28.4 Å². The number of benzene rings is 2. The van der Waals surface area contributed by atoms with Crippen LogP contribution in [0.5, 0.6) is 5.75 Å². The second kappa shape index (κ2) is 6.56. The molecule has 0 aliphatic carbocycles. The number of rotatable bonds is 4. The fourth-order valence-corrected chi connectivity index (χ4v) is 2.44. The highest BCUT2D eigenvalue weighted by Crippen LogP contribution is 2.27. The van der Waals surface area contributed by atoms with E-state index in [1.54, 1.807) is 19.2 Å². The average Bonchev–Trinajstić information content (AvgIpc) is 3.05. The molecule has 2 aromatic carbocycles. The van der Waals surface area contributed by atoms with Crippen molar-refractivity contribution in [1.29, 1.82) is 0 Å². The number of phenols is 1.